The molecule has 1 atom stereocenters. The number of carboxylic acid groups (broad SMARTS) is 1. The number of nitrogens with two attached hydrogens (primary N) is 1. The summed E-state index contributed by atoms with van der Waals surface area (Å²) < 4.78 is 31.3. The average Bonchev–Trinajstić information content (AvgIpc) is 3.68. The molecule has 0 radical (unpaired) electrons. The van der Waals surface area contributed by atoms with Crippen LogP contribution in [0, 0.1) is 24.5 Å². The molecule has 7 nitrogen and oxygen atoms in total. The lowest BCUT2D eigenvalue weighted by Crippen LogP contribution is -2.28. The van der Waals surface area contributed by atoms with Gasteiger partial charge in [-0.1, -0.05) is 24.3 Å². The van der Waals surface area contributed by atoms with Gasteiger partial charge in [-0.3, -0.25) is 14.6 Å². The largest absolute Gasteiger partial charge is 0.478 e. The number of carboxylic acids is 1. The van der Waals surface area contributed by atoms with Crippen LogP contribution in [0.3, 0.4) is 0 Å². The molecular weight excluding hydrogens is 480 g/mol. The van der Waals surface area contributed by atoms with E-state index in [1.165, 1.54) is 23.6 Å². The van der Waals surface area contributed by atoms with Gasteiger partial charge in [0.2, 0.25) is 0 Å². The summed E-state index contributed by atoms with van der Waals surface area (Å²) in [4.78, 5) is 42.5. The molecule has 0 bridgehead atoms. The first-order valence-corrected chi connectivity index (χ1v) is 11.8. The second-order valence-electron chi connectivity index (χ2n) is 9.29. The molecule has 3 N–H and O–H groups in total. The average molecular weight is 504 g/mol. The zero-order chi connectivity index (χ0) is 26.4. The van der Waals surface area contributed by atoms with Crippen LogP contribution in [-0.4, -0.2) is 26.5 Å². The van der Waals surface area contributed by atoms with Gasteiger partial charge in [-0.25, -0.2) is 13.6 Å². The van der Waals surface area contributed by atoms with E-state index in [0.29, 0.717) is 11.1 Å². The monoisotopic (exact) mass is 503 g/mol. The van der Waals surface area contributed by atoms with Gasteiger partial charge in [0, 0.05) is 29.4 Å². The molecule has 4 aromatic rings. The maximum absolute atomic E-state index is 15.3. The highest BCUT2D eigenvalue weighted by Gasteiger charge is 2.38. The molecular formula is C28H23F2N3O4. The van der Waals surface area contributed by atoms with Crippen molar-refractivity contribution in [3.05, 3.63) is 110 Å². The zero-order valence-corrected chi connectivity index (χ0v) is 19.9. The molecule has 37 heavy (non-hydrogen) atoms. The molecule has 2 aromatic heterocycles. The molecule has 9 heteroatoms. The van der Waals surface area contributed by atoms with E-state index in [1.807, 2.05) is 0 Å². The highest BCUT2D eigenvalue weighted by atomic mass is 19.1. The molecule has 188 valence electrons. The fourth-order valence-corrected chi connectivity index (χ4v) is 5.23. The second kappa shape index (κ2) is 9.24. The number of carbonyl (C=O) groups is 2. The number of halogens is 2. The summed E-state index contributed by atoms with van der Waals surface area (Å²) in [6.07, 6.45) is 4.58. The molecule has 0 aliphatic heterocycles. The summed E-state index contributed by atoms with van der Waals surface area (Å²) in [6.45, 7) is 1.50. The van der Waals surface area contributed by atoms with Crippen LogP contribution in [-0.2, 0) is 6.54 Å². The van der Waals surface area contributed by atoms with Crippen molar-refractivity contribution in [1.82, 2.24) is 9.55 Å². The van der Waals surface area contributed by atoms with Crippen molar-refractivity contribution in [2.45, 2.75) is 32.2 Å². The van der Waals surface area contributed by atoms with Gasteiger partial charge in [-0.15, -0.1) is 0 Å². The Kier molecular flexibility index (Phi) is 6.07. The maximum atomic E-state index is 15.3. The molecule has 0 saturated heterocycles. The van der Waals surface area contributed by atoms with Gasteiger partial charge < -0.3 is 15.4 Å². The quantitative estimate of drug-likeness (QED) is 0.389. The van der Waals surface area contributed by atoms with E-state index in [4.69, 9.17) is 5.73 Å². The lowest BCUT2D eigenvalue weighted by molar-refractivity contribution is 0.0696. The number of nitrogens with zero attached hydrogens (tertiary/aromatic N) is 2. The molecule has 2 aromatic carbocycles. The van der Waals surface area contributed by atoms with Gasteiger partial charge in [-0.05, 0) is 60.6 Å². The minimum Gasteiger partial charge on any atom is -0.478 e. The number of carbonyl (C=O) groups excluding carboxylic acids is 1. The molecule has 1 aliphatic carbocycles. The number of hydrogen-bond acceptors (Lipinski definition) is 4. The number of pyridine rings is 2. The van der Waals surface area contributed by atoms with Crippen molar-refractivity contribution in [3.8, 4) is 0 Å². The van der Waals surface area contributed by atoms with Crippen molar-refractivity contribution >= 4 is 22.6 Å². The Hall–Kier alpha value is -4.40. The molecule has 1 aliphatic rings. The Morgan fingerprint density at radius 3 is 2.43 bits per heavy atom. The number of amides is 1. The highest BCUT2D eigenvalue weighted by molar-refractivity contribution is 6.06. The van der Waals surface area contributed by atoms with Crippen LogP contribution in [0.15, 0.2) is 59.7 Å². The van der Waals surface area contributed by atoms with Crippen LogP contribution >= 0.6 is 0 Å². The lowest BCUT2D eigenvalue weighted by Gasteiger charge is -2.24. The van der Waals surface area contributed by atoms with E-state index in [1.54, 1.807) is 30.6 Å². The minimum atomic E-state index is -1.33. The molecule has 0 unspecified atom stereocenters. The van der Waals surface area contributed by atoms with E-state index in [0.717, 1.165) is 25.0 Å². The molecule has 1 fully saturated rings. The molecule has 5 rings (SSSR count). The van der Waals surface area contributed by atoms with Gasteiger partial charge in [0.1, 0.15) is 11.6 Å². The Balaban J connectivity index is 1.85. The number of rotatable bonds is 7. The third kappa shape index (κ3) is 4.16. The highest BCUT2D eigenvalue weighted by Crippen LogP contribution is 2.49. The third-order valence-electron chi connectivity index (χ3n) is 7.00. The maximum Gasteiger partial charge on any atom is 0.338 e. The number of hydrogen-bond donors (Lipinski definition) is 2. The Morgan fingerprint density at radius 1 is 1.05 bits per heavy atom. The Morgan fingerprint density at radius 2 is 1.81 bits per heavy atom. The molecule has 2 heterocycles. The molecule has 1 saturated carbocycles. The van der Waals surface area contributed by atoms with Gasteiger partial charge in [0.05, 0.1) is 23.1 Å². The van der Waals surface area contributed by atoms with Crippen LogP contribution in [0.1, 0.15) is 61.9 Å². The topological polar surface area (TPSA) is 115 Å². The van der Waals surface area contributed by atoms with Crippen LogP contribution in [0.4, 0.5) is 8.78 Å². The van der Waals surface area contributed by atoms with Crippen LogP contribution in [0.25, 0.3) is 10.8 Å². The third-order valence-corrected chi connectivity index (χ3v) is 7.00. The van der Waals surface area contributed by atoms with Crippen LogP contribution in [0.2, 0.25) is 0 Å². The van der Waals surface area contributed by atoms with Crippen molar-refractivity contribution < 1.29 is 23.5 Å². The van der Waals surface area contributed by atoms with Crippen molar-refractivity contribution in [3.63, 3.8) is 0 Å². The smallest absolute Gasteiger partial charge is 0.338 e. The van der Waals surface area contributed by atoms with Crippen molar-refractivity contribution in [2.75, 3.05) is 0 Å². The fraction of sp³-hybridized carbons (Fsp3) is 0.214. The summed E-state index contributed by atoms with van der Waals surface area (Å²) in [7, 11) is 0. The summed E-state index contributed by atoms with van der Waals surface area (Å²) in [5.74, 6) is -4.68. The predicted octanol–water partition coefficient (Wildman–Crippen LogP) is 4.37. The first kappa shape index (κ1) is 24.3. The zero-order valence-electron chi connectivity index (χ0n) is 19.9. The van der Waals surface area contributed by atoms with E-state index >= 15 is 4.39 Å². The predicted molar refractivity (Wildman–Crippen MR) is 133 cm³/mol. The number of fused-ring (bicyclic) bond motifs is 1. The number of primary amides is 1. The number of aromatic nitrogens is 2. The van der Waals surface area contributed by atoms with Gasteiger partial charge in [0.25, 0.3) is 11.5 Å². The number of benzene rings is 2. The standard InChI is InChI=1S/C28H23F2N3O4/c1-14-21(28(36)37)24-18(22(16-7-8-16)17-5-2-6-19(29)23(17)26(31)34)9-10-20(30)25(24)27(35)33(14)13-15-4-3-11-32-12-15/h2-6,9-12,16,22H,7-8,13H2,1H3,(H2,31,34)(H,36,37)/t22-/m1/s1. The van der Waals surface area contributed by atoms with E-state index < -0.39 is 35.0 Å². The van der Waals surface area contributed by atoms with Gasteiger partial charge >= 0.3 is 5.97 Å². The van der Waals surface area contributed by atoms with E-state index in [-0.39, 0.29) is 45.6 Å². The van der Waals surface area contributed by atoms with E-state index in [9.17, 15) is 23.9 Å². The summed E-state index contributed by atoms with van der Waals surface area (Å²) in [6, 6.07) is 10.1. The van der Waals surface area contributed by atoms with Crippen molar-refractivity contribution in [2.24, 2.45) is 11.7 Å². The second-order valence-corrected chi connectivity index (χ2v) is 9.29. The van der Waals surface area contributed by atoms with Crippen LogP contribution < -0.4 is 11.3 Å². The minimum absolute atomic E-state index is 0.000167. The Labute approximate surface area is 210 Å². The summed E-state index contributed by atoms with van der Waals surface area (Å²) in [5, 5.41) is 9.85. The Bertz CT molecular complexity index is 1630. The fourth-order valence-electron chi connectivity index (χ4n) is 5.23. The summed E-state index contributed by atoms with van der Waals surface area (Å²) >= 11 is 0. The molecule has 0 spiro atoms. The number of aromatic carboxylic acids is 1. The first-order valence-electron chi connectivity index (χ1n) is 11.8. The summed E-state index contributed by atoms with van der Waals surface area (Å²) in [5.41, 5.74) is 5.72. The first-order chi connectivity index (χ1) is 17.7. The van der Waals surface area contributed by atoms with Crippen LogP contribution in [0.5, 0.6) is 0 Å². The van der Waals surface area contributed by atoms with E-state index in [2.05, 4.69) is 4.98 Å². The SMILES string of the molecule is Cc1c(C(=O)O)c2c([C@@H](c3cccc(F)c3C(N)=O)C3CC3)ccc(F)c2c(=O)n1Cc1cccnc1. The normalized spacial score (nSPS) is 14.0. The van der Waals surface area contributed by atoms with Gasteiger partial charge in [-0.2, -0.15) is 0 Å². The molecule has 1 amide bonds. The lowest BCUT2D eigenvalue weighted by atomic mass is 9.81. The van der Waals surface area contributed by atoms with Gasteiger partial charge in [0.15, 0.2) is 0 Å². The van der Waals surface area contributed by atoms with Crippen molar-refractivity contribution in [1.29, 1.82) is 0 Å².